The standard InChI is InChI=1S/C12H13BrO3/c13-10-3-1-2-9(6-10)12(14)8-16-11-4-5-15-7-11/h1-3,6,11H,4-5,7-8H2. The van der Waals surface area contributed by atoms with Gasteiger partial charge in [0.2, 0.25) is 0 Å². The van der Waals surface area contributed by atoms with Crippen LogP contribution in [0.2, 0.25) is 0 Å². The van der Waals surface area contributed by atoms with E-state index >= 15 is 0 Å². The van der Waals surface area contributed by atoms with E-state index in [0.29, 0.717) is 12.2 Å². The van der Waals surface area contributed by atoms with E-state index in [9.17, 15) is 4.79 Å². The second-order valence-corrected chi connectivity index (χ2v) is 4.65. The van der Waals surface area contributed by atoms with Gasteiger partial charge in [0.1, 0.15) is 6.61 Å². The lowest BCUT2D eigenvalue weighted by molar-refractivity contribution is 0.0390. The van der Waals surface area contributed by atoms with Crippen LogP contribution in [0.15, 0.2) is 28.7 Å². The Morgan fingerprint density at radius 2 is 2.44 bits per heavy atom. The third kappa shape index (κ3) is 3.14. The Kier molecular flexibility index (Phi) is 4.09. The molecule has 1 heterocycles. The van der Waals surface area contributed by atoms with Crippen LogP contribution in [0, 0.1) is 0 Å². The van der Waals surface area contributed by atoms with E-state index in [-0.39, 0.29) is 18.5 Å². The highest BCUT2D eigenvalue weighted by atomic mass is 79.9. The van der Waals surface area contributed by atoms with Gasteiger partial charge in [0.05, 0.1) is 12.7 Å². The van der Waals surface area contributed by atoms with Crippen LogP contribution in [-0.4, -0.2) is 31.7 Å². The van der Waals surface area contributed by atoms with E-state index in [1.807, 2.05) is 12.1 Å². The monoisotopic (exact) mass is 284 g/mol. The number of benzene rings is 1. The highest BCUT2D eigenvalue weighted by Crippen LogP contribution is 2.13. The number of ketones is 1. The van der Waals surface area contributed by atoms with Crippen molar-refractivity contribution in [1.29, 1.82) is 0 Å². The fraction of sp³-hybridized carbons (Fsp3) is 0.417. The van der Waals surface area contributed by atoms with E-state index < -0.39 is 0 Å². The lowest BCUT2D eigenvalue weighted by atomic mass is 10.1. The molecule has 86 valence electrons. The molecule has 1 aromatic carbocycles. The predicted molar refractivity (Wildman–Crippen MR) is 63.6 cm³/mol. The van der Waals surface area contributed by atoms with Crippen LogP contribution in [-0.2, 0) is 9.47 Å². The van der Waals surface area contributed by atoms with E-state index in [1.165, 1.54) is 0 Å². The summed E-state index contributed by atoms with van der Waals surface area (Å²) in [6, 6.07) is 7.33. The second kappa shape index (κ2) is 5.57. The molecule has 0 aromatic heterocycles. The topological polar surface area (TPSA) is 35.5 Å². The van der Waals surface area contributed by atoms with E-state index in [4.69, 9.17) is 9.47 Å². The summed E-state index contributed by atoms with van der Waals surface area (Å²) < 4.78 is 11.5. The van der Waals surface area contributed by atoms with E-state index in [0.717, 1.165) is 17.5 Å². The van der Waals surface area contributed by atoms with Crippen LogP contribution >= 0.6 is 15.9 Å². The van der Waals surface area contributed by atoms with E-state index in [1.54, 1.807) is 12.1 Å². The number of halogens is 1. The average molecular weight is 285 g/mol. The average Bonchev–Trinajstić information content (AvgIpc) is 2.78. The highest BCUT2D eigenvalue weighted by Gasteiger charge is 2.17. The molecule has 0 amide bonds. The summed E-state index contributed by atoms with van der Waals surface area (Å²) >= 11 is 3.33. The summed E-state index contributed by atoms with van der Waals surface area (Å²) in [5.74, 6) is 0.00759. The van der Waals surface area contributed by atoms with Crippen LogP contribution < -0.4 is 0 Å². The number of carbonyl (C=O) groups excluding carboxylic acids is 1. The molecule has 4 heteroatoms. The summed E-state index contributed by atoms with van der Waals surface area (Å²) in [6.07, 6.45) is 0.960. The Morgan fingerprint density at radius 1 is 1.56 bits per heavy atom. The number of carbonyl (C=O) groups is 1. The summed E-state index contributed by atoms with van der Waals surface area (Å²) in [4.78, 5) is 11.8. The summed E-state index contributed by atoms with van der Waals surface area (Å²) in [7, 11) is 0. The van der Waals surface area contributed by atoms with Crippen LogP contribution in [0.25, 0.3) is 0 Å². The predicted octanol–water partition coefficient (Wildman–Crippen LogP) is 2.44. The van der Waals surface area contributed by atoms with Gasteiger partial charge >= 0.3 is 0 Å². The van der Waals surface area contributed by atoms with Gasteiger partial charge in [-0.2, -0.15) is 0 Å². The van der Waals surface area contributed by atoms with Gasteiger partial charge in [0, 0.05) is 16.6 Å². The molecule has 1 fully saturated rings. The van der Waals surface area contributed by atoms with Crippen LogP contribution in [0.1, 0.15) is 16.8 Å². The highest BCUT2D eigenvalue weighted by molar-refractivity contribution is 9.10. The van der Waals surface area contributed by atoms with Crippen molar-refractivity contribution in [2.24, 2.45) is 0 Å². The van der Waals surface area contributed by atoms with Gasteiger partial charge in [-0.25, -0.2) is 0 Å². The lowest BCUT2D eigenvalue weighted by Crippen LogP contribution is -2.18. The van der Waals surface area contributed by atoms with E-state index in [2.05, 4.69) is 15.9 Å². The smallest absolute Gasteiger partial charge is 0.188 e. The molecule has 0 spiro atoms. The molecule has 0 bridgehead atoms. The van der Waals surface area contributed by atoms with Gasteiger partial charge in [0.25, 0.3) is 0 Å². The number of hydrogen-bond donors (Lipinski definition) is 0. The Labute approximate surface area is 103 Å². The van der Waals surface area contributed by atoms with Crippen molar-refractivity contribution in [3.05, 3.63) is 34.3 Å². The van der Waals surface area contributed by atoms with Gasteiger partial charge in [-0.1, -0.05) is 28.1 Å². The molecule has 0 radical (unpaired) electrons. The molecule has 1 aliphatic heterocycles. The fourth-order valence-electron chi connectivity index (χ4n) is 1.58. The minimum atomic E-state index is 0.00759. The lowest BCUT2D eigenvalue weighted by Gasteiger charge is -2.08. The van der Waals surface area contributed by atoms with Crippen molar-refractivity contribution in [1.82, 2.24) is 0 Å². The molecule has 0 aliphatic carbocycles. The number of ether oxygens (including phenoxy) is 2. The molecule has 1 atom stereocenters. The maximum Gasteiger partial charge on any atom is 0.188 e. The third-order valence-corrected chi connectivity index (χ3v) is 2.98. The van der Waals surface area contributed by atoms with Crippen LogP contribution in [0.5, 0.6) is 0 Å². The van der Waals surface area contributed by atoms with Crippen molar-refractivity contribution >= 4 is 21.7 Å². The zero-order valence-electron chi connectivity index (χ0n) is 8.82. The van der Waals surface area contributed by atoms with Gasteiger partial charge in [0.15, 0.2) is 5.78 Å². The van der Waals surface area contributed by atoms with Crippen LogP contribution in [0.3, 0.4) is 0 Å². The molecule has 1 unspecified atom stereocenters. The van der Waals surface area contributed by atoms with Gasteiger partial charge in [-0.3, -0.25) is 4.79 Å². The van der Waals surface area contributed by atoms with Crippen LogP contribution in [0.4, 0.5) is 0 Å². The summed E-state index contributed by atoms with van der Waals surface area (Å²) in [5.41, 5.74) is 0.674. The largest absolute Gasteiger partial charge is 0.379 e. The first-order valence-electron chi connectivity index (χ1n) is 5.24. The molecule has 1 saturated heterocycles. The Bertz CT molecular complexity index is 372. The molecule has 3 nitrogen and oxygen atoms in total. The van der Waals surface area contributed by atoms with Crippen molar-refractivity contribution in [3.8, 4) is 0 Å². The maximum atomic E-state index is 11.8. The quantitative estimate of drug-likeness (QED) is 0.797. The molecule has 16 heavy (non-hydrogen) atoms. The molecular weight excluding hydrogens is 272 g/mol. The van der Waals surface area contributed by atoms with Gasteiger partial charge in [-0.15, -0.1) is 0 Å². The first-order valence-corrected chi connectivity index (χ1v) is 6.03. The first-order chi connectivity index (χ1) is 7.75. The summed E-state index contributed by atoms with van der Waals surface area (Å²) in [5, 5.41) is 0. The molecular formula is C12H13BrO3. The molecule has 0 N–H and O–H groups in total. The zero-order chi connectivity index (χ0) is 11.4. The number of hydrogen-bond acceptors (Lipinski definition) is 3. The molecule has 0 saturated carbocycles. The Balaban J connectivity index is 1.87. The maximum absolute atomic E-state index is 11.8. The SMILES string of the molecule is O=C(COC1CCOC1)c1cccc(Br)c1. The number of rotatable bonds is 4. The first kappa shape index (κ1) is 11.8. The summed E-state index contributed by atoms with van der Waals surface area (Å²) in [6.45, 7) is 1.46. The minimum absolute atomic E-state index is 0.00759. The van der Waals surface area contributed by atoms with Crippen molar-refractivity contribution in [2.45, 2.75) is 12.5 Å². The molecule has 1 aromatic rings. The second-order valence-electron chi connectivity index (χ2n) is 3.73. The molecule has 2 rings (SSSR count). The normalized spacial score (nSPS) is 19.9. The molecule has 1 aliphatic rings. The Hall–Kier alpha value is -0.710. The number of Topliss-reactive ketones (excluding diaryl/α,β-unsaturated/α-hetero) is 1. The minimum Gasteiger partial charge on any atom is -0.379 e. The van der Waals surface area contributed by atoms with Crippen molar-refractivity contribution in [2.75, 3.05) is 19.8 Å². The van der Waals surface area contributed by atoms with Gasteiger partial charge < -0.3 is 9.47 Å². The zero-order valence-corrected chi connectivity index (χ0v) is 10.4. The Morgan fingerprint density at radius 3 is 3.12 bits per heavy atom. The third-order valence-electron chi connectivity index (χ3n) is 2.48. The fourth-order valence-corrected chi connectivity index (χ4v) is 1.98. The van der Waals surface area contributed by atoms with Gasteiger partial charge in [-0.05, 0) is 18.6 Å². The van der Waals surface area contributed by atoms with Crippen molar-refractivity contribution < 1.29 is 14.3 Å². The van der Waals surface area contributed by atoms with Crippen molar-refractivity contribution in [3.63, 3.8) is 0 Å².